The number of carbonyl (C=O) groups excluding carboxylic acids is 1. The van der Waals surface area contributed by atoms with Gasteiger partial charge in [-0.2, -0.15) is 9.97 Å². The van der Waals surface area contributed by atoms with Crippen molar-refractivity contribution in [2.75, 3.05) is 50.9 Å². The van der Waals surface area contributed by atoms with Crippen molar-refractivity contribution in [3.8, 4) is 22.9 Å². The van der Waals surface area contributed by atoms with Crippen LogP contribution in [-0.2, 0) is 9.47 Å². The van der Waals surface area contributed by atoms with Gasteiger partial charge in [0.2, 0.25) is 0 Å². The summed E-state index contributed by atoms with van der Waals surface area (Å²) in [5.74, 6) is 1.08. The minimum absolute atomic E-state index is 0.0558. The van der Waals surface area contributed by atoms with Crippen LogP contribution in [-0.4, -0.2) is 101 Å². The molecule has 1 N–H and O–H groups in total. The number of hydrogen-bond acceptors (Lipinski definition) is 9. The number of nitrogens with zero attached hydrogens (tertiary/aromatic N) is 5. The molecule has 1 aromatic heterocycles. The second kappa shape index (κ2) is 11.5. The third-order valence-electron chi connectivity index (χ3n) is 11.2. The van der Waals surface area contributed by atoms with E-state index in [2.05, 4.69) is 34.1 Å². The van der Waals surface area contributed by atoms with Crippen LogP contribution in [0.25, 0.3) is 32.8 Å². The Morgan fingerprint density at radius 3 is 2.55 bits per heavy atom. The second-order valence-electron chi connectivity index (χ2n) is 14.0. The number of anilines is 1. The van der Waals surface area contributed by atoms with Gasteiger partial charge in [0.1, 0.15) is 24.3 Å². The highest BCUT2D eigenvalue weighted by atomic mass is 16.6. The standard InChI is InChI=1S/C37H41N5O5/c43-28-17-24-5-1-2-6-30(24)32(19-28)25-7-10-31-33(18-25)38-35(46-23-37-12-3-14-41(37)15-4-13-37)39-34(31)40-20-26-8-9-27(21-40)42(26)36(44)47-29-11-16-45-22-29/h1-2,5-7,10,17-19,26-27,29,43H,3-4,8-9,11-16,20-23H2. The second-order valence-corrected chi connectivity index (χ2v) is 14.0. The predicted octanol–water partition coefficient (Wildman–Crippen LogP) is 5.74. The predicted molar refractivity (Wildman–Crippen MR) is 179 cm³/mol. The van der Waals surface area contributed by atoms with Gasteiger partial charge in [0, 0.05) is 24.9 Å². The van der Waals surface area contributed by atoms with Gasteiger partial charge in [-0.25, -0.2) is 4.79 Å². The van der Waals surface area contributed by atoms with Crippen molar-refractivity contribution in [2.24, 2.45) is 0 Å². The number of fused-ring (bicyclic) bond motifs is 5. The van der Waals surface area contributed by atoms with Gasteiger partial charge in [-0.1, -0.05) is 30.3 Å². The van der Waals surface area contributed by atoms with Gasteiger partial charge in [-0.05, 0) is 97.8 Å². The van der Waals surface area contributed by atoms with E-state index in [-0.39, 0.29) is 35.6 Å². The molecule has 244 valence electrons. The summed E-state index contributed by atoms with van der Waals surface area (Å²) in [7, 11) is 0. The molecule has 0 saturated carbocycles. The van der Waals surface area contributed by atoms with Gasteiger partial charge < -0.3 is 24.2 Å². The number of amides is 1. The number of benzene rings is 3. The molecule has 5 fully saturated rings. The molecule has 5 aliphatic heterocycles. The maximum atomic E-state index is 13.3. The average molecular weight is 636 g/mol. The van der Waals surface area contributed by atoms with E-state index in [9.17, 15) is 9.90 Å². The van der Waals surface area contributed by atoms with E-state index in [4.69, 9.17) is 24.2 Å². The Bertz CT molecular complexity index is 1820. The molecule has 10 heteroatoms. The van der Waals surface area contributed by atoms with Crippen LogP contribution in [0.3, 0.4) is 0 Å². The highest BCUT2D eigenvalue weighted by molar-refractivity contribution is 6.01. The van der Waals surface area contributed by atoms with Crippen molar-refractivity contribution in [1.82, 2.24) is 19.8 Å². The highest BCUT2D eigenvalue weighted by Gasteiger charge is 2.46. The van der Waals surface area contributed by atoms with Gasteiger partial charge in [0.25, 0.3) is 0 Å². The summed E-state index contributed by atoms with van der Waals surface area (Å²) in [4.78, 5) is 30.3. The Balaban J connectivity index is 1.07. The van der Waals surface area contributed by atoms with Crippen molar-refractivity contribution in [1.29, 1.82) is 0 Å². The molecular weight excluding hydrogens is 594 g/mol. The summed E-state index contributed by atoms with van der Waals surface area (Å²) in [6, 6.07) is 18.5. The number of piperazine rings is 1. The summed E-state index contributed by atoms with van der Waals surface area (Å²) in [6.07, 6.45) is 6.98. The summed E-state index contributed by atoms with van der Waals surface area (Å²) >= 11 is 0. The van der Waals surface area contributed by atoms with E-state index in [1.165, 1.54) is 12.8 Å². The largest absolute Gasteiger partial charge is 0.508 e. The van der Waals surface area contributed by atoms with E-state index < -0.39 is 0 Å². The number of carbonyl (C=O) groups is 1. The van der Waals surface area contributed by atoms with E-state index >= 15 is 0 Å². The van der Waals surface area contributed by atoms with Crippen LogP contribution in [0.1, 0.15) is 44.9 Å². The SMILES string of the molecule is O=C(OC1CCOC1)N1C2CCC1CN(c1nc(OCC34CCCN3CCC4)nc3cc(-c4cc(O)cc5ccccc45)ccc13)C2. The maximum Gasteiger partial charge on any atom is 0.410 e. The Labute approximate surface area is 274 Å². The number of rotatable bonds is 6. The Morgan fingerprint density at radius 2 is 1.77 bits per heavy atom. The minimum atomic E-state index is -0.218. The molecule has 2 bridgehead atoms. The first-order chi connectivity index (χ1) is 23.0. The van der Waals surface area contributed by atoms with Gasteiger partial charge in [0.05, 0.1) is 36.4 Å². The molecule has 0 spiro atoms. The smallest absolute Gasteiger partial charge is 0.410 e. The lowest BCUT2D eigenvalue weighted by atomic mass is 9.95. The van der Waals surface area contributed by atoms with Crippen LogP contribution in [0, 0.1) is 0 Å². The van der Waals surface area contributed by atoms with Crippen LogP contribution in [0.4, 0.5) is 10.6 Å². The van der Waals surface area contributed by atoms with Crippen LogP contribution in [0.5, 0.6) is 11.8 Å². The third-order valence-corrected chi connectivity index (χ3v) is 11.2. The lowest BCUT2D eigenvalue weighted by Gasteiger charge is -2.41. The molecule has 9 rings (SSSR count). The normalized spacial score (nSPS) is 25.1. The molecule has 10 nitrogen and oxygen atoms in total. The molecule has 0 aliphatic carbocycles. The molecule has 4 aromatic rings. The van der Waals surface area contributed by atoms with Gasteiger partial charge in [-0.15, -0.1) is 0 Å². The zero-order chi connectivity index (χ0) is 31.5. The monoisotopic (exact) mass is 635 g/mol. The van der Waals surface area contributed by atoms with Crippen molar-refractivity contribution in [2.45, 2.75) is 68.7 Å². The number of aromatic nitrogens is 2. The zero-order valence-corrected chi connectivity index (χ0v) is 26.6. The molecule has 5 saturated heterocycles. The third kappa shape index (κ3) is 5.13. The van der Waals surface area contributed by atoms with E-state index in [1.54, 1.807) is 6.07 Å². The van der Waals surface area contributed by atoms with Crippen LogP contribution >= 0.6 is 0 Å². The fourth-order valence-corrected chi connectivity index (χ4v) is 8.94. The zero-order valence-electron chi connectivity index (χ0n) is 26.6. The maximum absolute atomic E-state index is 13.3. The number of phenolic OH excluding ortho intramolecular Hbond substituents is 1. The topological polar surface area (TPSA) is 100 Å². The lowest BCUT2D eigenvalue weighted by Crippen LogP contribution is -2.56. The van der Waals surface area contributed by atoms with Crippen molar-refractivity contribution >= 4 is 33.6 Å². The number of aromatic hydroxyl groups is 1. The quantitative estimate of drug-likeness (QED) is 0.284. The van der Waals surface area contributed by atoms with E-state index in [0.717, 1.165) is 83.8 Å². The molecule has 3 unspecified atom stereocenters. The molecule has 3 aromatic carbocycles. The number of phenols is 1. The summed E-state index contributed by atoms with van der Waals surface area (Å²) in [5, 5.41) is 13.6. The summed E-state index contributed by atoms with van der Waals surface area (Å²) < 4.78 is 17.8. The molecule has 1 amide bonds. The molecule has 5 aliphatic rings. The van der Waals surface area contributed by atoms with Crippen LogP contribution in [0.2, 0.25) is 0 Å². The lowest BCUT2D eigenvalue weighted by molar-refractivity contribution is 0.0395. The first-order valence-corrected chi connectivity index (χ1v) is 17.3. The summed E-state index contributed by atoms with van der Waals surface area (Å²) in [5.41, 5.74) is 2.81. The molecule has 3 atom stereocenters. The van der Waals surface area contributed by atoms with Gasteiger partial charge in [-0.3, -0.25) is 9.80 Å². The first kappa shape index (κ1) is 29.0. The Morgan fingerprint density at radius 1 is 0.957 bits per heavy atom. The van der Waals surface area contributed by atoms with Crippen molar-refractivity contribution in [3.05, 3.63) is 54.6 Å². The molecule has 6 heterocycles. The number of ether oxygens (including phenoxy) is 3. The Kier molecular flexibility index (Phi) is 7.12. The highest BCUT2D eigenvalue weighted by Crippen LogP contribution is 2.41. The Hall–Kier alpha value is -4.15. The fraction of sp³-hybridized carbons (Fsp3) is 0.486. The summed E-state index contributed by atoms with van der Waals surface area (Å²) in [6.45, 7) is 5.34. The minimum Gasteiger partial charge on any atom is -0.508 e. The van der Waals surface area contributed by atoms with E-state index in [1.807, 2.05) is 29.2 Å². The van der Waals surface area contributed by atoms with Crippen molar-refractivity contribution < 1.29 is 24.1 Å². The first-order valence-electron chi connectivity index (χ1n) is 17.3. The molecule has 47 heavy (non-hydrogen) atoms. The van der Waals surface area contributed by atoms with Crippen LogP contribution < -0.4 is 9.64 Å². The number of hydrogen-bond donors (Lipinski definition) is 1. The fourth-order valence-electron chi connectivity index (χ4n) is 8.94. The average Bonchev–Trinajstić information content (AvgIpc) is 3.87. The molecular formula is C37H41N5O5. The van der Waals surface area contributed by atoms with Crippen LogP contribution in [0.15, 0.2) is 54.6 Å². The van der Waals surface area contributed by atoms with Gasteiger partial charge >= 0.3 is 12.1 Å². The van der Waals surface area contributed by atoms with E-state index in [0.29, 0.717) is 38.9 Å². The molecule has 0 radical (unpaired) electrons. The van der Waals surface area contributed by atoms with Crippen molar-refractivity contribution in [3.63, 3.8) is 0 Å². The van der Waals surface area contributed by atoms with Gasteiger partial charge in [0.15, 0.2) is 0 Å².